The third-order valence-electron chi connectivity index (χ3n) is 12.2. The van der Waals surface area contributed by atoms with Crippen molar-refractivity contribution < 1.29 is 5.11 Å². The van der Waals surface area contributed by atoms with Crippen molar-refractivity contribution in [2.75, 3.05) is 0 Å². The molecule has 0 radical (unpaired) electrons. The highest BCUT2D eigenvalue weighted by molar-refractivity contribution is 6.02. The van der Waals surface area contributed by atoms with Gasteiger partial charge in [0, 0.05) is 28.4 Å². The normalized spacial score (nSPS) is 12.5. The van der Waals surface area contributed by atoms with Crippen LogP contribution in [0.2, 0.25) is 0 Å². The van der Waals surface area contributed by atoms with Gasteiger partial charge in [-0.25, -0.2) is 4.98 Å². The SMILES string of the molecule is Cc1cc(C)c(-c2cc(-c3ccc(C)c(-c4cc(C(C)(C)C)cc5cccnc45)c3)c3nc(-c4cc(C(C)(C)C)ccc4O)n(-c4ccc(C(C)(C)C)cc4)c3c2)c(C)c1. The van der Waals surface area contributed by atoms with Gasteiger partial charge in [0.2, 0.25) is 0 Å². The average molecular weight is 790 g/mol. The molecule has 4 heteroatoms. The van der Waals surface area contributed by atoms with Crippen LogP contribution in [0.5, 0.6) is 5.75 Å². The van der Waals surface area contributed by atoms with Gasteiger partial charge >= 0.3 is 0 Å². The van der Waals surface area contributed by atoms with Gasteiger partial charge in [0.15, 0.2) is 0 Å². The smallest absolute Gasteiger partial charge is 0.149 e. The number of benzene rings is 6. The standard InChI is InChI=1S/C56H59N3O/c1-33-25-35(3)50(36(4)26-33)39-29-45(37-17-16-34(2)44(28-37)46-32-42(56(11,12)13)27-38-15-14-24-57-51(38)46)52-48(30-39)59(43-21-18-40(19-22-43)54(5,6)7)53(58-52)47-31-41(55(8,9)10)20-23-49(47)60/h14-32,60H,1-13H3. The minimum absolute atomic E-state index is 0.00506. The predicted octanol–water partition coefficient (Wildman–Crippen LogP) is 15.1. The fraction of sp³-hybridized carbons (Fsp3) is 0.286. The molecular formula is C56H59N3O. The number of imidazole rings is 1. The van der Waals surface area contributed by atoms with E-state index in [4.69, 9.17) is 9.97 Å². The van der Waals surface area contributed by atoms with Crippen LogP contribution in [-0.2, 0) is 16.2 Å². The molecule has 2 heterocycles. The van der Waals surface area contributed by atoms with Crippen molar-refractivity contribution >= 4 is 21.9 Å². The van der Waals surface area contributed by atoms with Crippen LogP contribution in [0.3, 0.4) is 0 Å². The Morgan fingerprint density at radius 1 is 0.500 bits per heavy atom. The number of rotatable bonds is 5. The first-order valence-electron chi connectivity index (χ1n) is 21.3. The van der Waals surface area contributed by atoms with E-state index in [0.717, 1.165) is 61.0 Å². The van der Waals surface area contributed by atoms with Crippen molar-refractivity contribution in [2.24, 2.45) is 0 Å². The molecule has 0 aliphatic carbocycles. The van der Waals surface area contributed by atoms with E-state index in [0.29, 0.717) is 11.4 Å². The number of hydrogen-bond acceptors (Lipinski definition) is 3. The Morgan fingerprint density at radius 3 is 1.77 bits per heavy atom. The molecule has 6 aromatic carbocycles. The number of fused-ring (bicyclic) bond motifs is 2. The largest absolute Gasteiger partial charge is 0.507 e. The van der Waals surface area contributed by atoms with E-state index in [1.54, 1.807) is 0 Å². The maximum absolute atomic E-state index is 11.7. The molecule has 0 saturated heterocycles. The third-order valence-corrected chi connectivity index (χ3v) is 12.2. The number of aromatic nitrogens is 3. The van der Waals surface area contributed by atoms with Gasteiger partial charge in [0.05, 0.1) is 22.1 Å². The molecule has 0 amide bonds. The number of hydrogen-bond donors (Lipinski definition) is 1. The van der Waals surface area contributed by atoms with E-state index in [2.05, 4.69) is 186 Å². The molecule has 0 aliphatic rings. The lowest BCUT2D eigenvalue weighted by Crippen LogP contribution is -2.11. The fourth-order valence-corrected chi connectivity index (χ4v) is 8.82. The van der Waals surface area contributed by atoms with Crippen LogP contribution >= 0.6 is 0 Å². The molecule has 2 aromatic heterocycles. The van der Waals surface area contributed by atoms with Gasteiger partial charge in [-0.05, 0) is 160 Å². The first-order chi connectivity index (χ1) is 28.2. The molecule has 0 saturated carbocycles. The summed E-state index contributed by atoms with van der Waals surface area (Å²) in [7, 11) is 0. The lowest BCUT2D eigenvalue weighted by Gasteiger charge is -2.22. The fourth-order valence-electron chi connectivity index (χ4n) is 8.82. The molecule has 0 fully saturated rings. The van der Waals surface area contributed by atoms with Gasteiger partial charge in [0.25, 0.3) is 0 Å². The van der Waals surface area contributed by atoms with Gasteiger partial charge in [-0.15, -0.1) is 0 Å². The van der Waals surface area contributed by atoms with E-state index in [1.165, 1.54) is 38.9 Å². The van der Waals surface area contributed by atoms with E-state index in [1.807, 2.05) is 24.4 Å². The van der Waals surface area contributed by atoms with Crippen molar-refractivity contribution in [3.63, 3.8) is 0 Å². The maximum Gasteiger partial charge on any atom is 0.149 e. The van der Waals surface area contributed by atoms with Crippen molar-refractivity contribution in [3.8, 4) is 56.2 Å². The molecule has 0 aliphatic heterocycles. The number of phenolic OH excluding ortho intramolecular Hbond substituents is 1. The first kappa shape index (κ1) is 40.8. The Labute approximate surface area is 357 Å². The Hall–Kier alpha value is -6.00. The molecule has 60 heavy (non-hydrogen) atoms. The molecule has 1 N–H and O–H groups in total. The quantitative estimate of drug-likeness (QED) is 0.189. The predicted molar refractivity (Wildman–Crippen MR) is 255 cm³/mol. The van der Waals surface area contributed by atoms with Crippen LogP contribution in [0.4, 0.5) is 0 Å². The number of phenols is 1. The zero-order chi connectivity index (χ0) is 43.1. The Morgan fingerprint density at radius 2 is 1.12 bits per heavy atom. The van der Waals surface area contributed by atoms with Crippen molar-refractivity contribution in [2.45, 2.75) is 106 Å². The molecule has 0 bridgehead atoms. The van der Waals surface area contributed by atoms with Crippen LogP contribution in [0, 0.1) is 27.7 Å². The highest BCUT2D eigenvalue weighted by atomic mass is 16.3. The van der Waals surface area contributed by atoms with E-state index in [-0.39, 0.29) is 22.0 Å². The first-order valence-corrected chi connectivity index (χ1v) is 21.3. The molecule has 304 valence electrons. The van der Waals surface area contributed by atoms with E-state index < -0.39 is 0 Å². The van der Waals surface area contributed by atoms with Crippen molar-refractivity contribution in [1.82, 2.24) is 14.5 Å². The summed E-state index contributed by atoms with van der Waals surface area (Å²) in [5, 5.41) is 12.9. The number of aromatic hydroxyl groups is 1. The molecule has 4 nitrogen and oxygen atoms in total. The van der Waals surface area contributed by atoms with Crippen LogP contribution < -0.4 is 0 Å². The lowest BCUT2D eigenvalue weighted by molar-refractivity contribution is 0.475. The second kappa shape index (κ2) is 14.6. The summed E-state index contributed by atoms with van der Waals surface area (Å²) < 4.78 is 2.26. The summed E-state index contributed by atoms with van der Waals surface area (Å²) in [4.78, 5) is 10.5. The minimum atomic E-state index is -0.131. The molecule has 0 unspecified atom stereocenters. The lowest BCUT2D eigenvalue weighted by atomic mass is 9.83. The summed E-state index contributed by atoms with van der Waals surface area (Å²) in [6, 6.07) is 39.7. The summed E-state index contributed by atoms with van der Waals surface area (Å²) in [6.45, 7) is 29.0. The minimum Gasteiger partial charge on any atom is -0.507 e. The molecule has 0 atom stereocenters. The topological polar surface area (TPSA) is 50.9 Å². The number of nitrogens with zero attached hydrogens (tertiary/aromatic N) is 3. The molecular weight excluding hydrogens is 731 g/mol. The molecule has 8 rings (SSSR count). The Kier molecular flexibility index (Phi) is 9.93. The van der Waals surface area contributed by atoms with Gasteiger partial charge < -0.3 is 5.11 Å². The number of aryl methyl sites for hydroxylation is 4. The zero-order valence-electron chi connectivity index (χ0n) is 37.8. The maximum atomic E-state index is 11.7. The second-order valence-electron chi connectivity index (χ2n) is 20.1. The second-order valence-corrected chi connectivity index (χ2v) is 20.1. The summed E-state index contributed by atoms with van der Waals surface area (Å²) in [5.41, 5.74) is 19.6. The van der Waals surface area contributed by atoms with Gasteiger partial charge in [-0.2, -0.15) is 0 Å². The monoisotopic (exact) mass is 789 g/mol. The van der Waals surface area contributed by atoms with Crippen molar-refractivity contribution in [3.05, 3.63) is 154 Å². The van der Waals surface area contributed by atoms with Crippen LogP contribution in [0.25, 0.3) is 72.4 Å². The highest BCUT2D eigenvalue weighted by Gasteiger charge is 2.26. The van der Waals surface area contributed by atoms with Crippen molar-refractivity contribution in [1.29, 1.82) is 0 Å². The average Bonchev–Trinajstić information content (AvgIpc) is 3.55. The van der Waals surface area contributed by atoms with E-state index >= 15 is 0 Å². The van der Waals surface area contributed by atoms with Crippen LogP contribution in [0.15, 0.2) is 115 Å². The molecule has 8 aromatic rings. The Bertz CT molecular complexity index is 2940. The van der Waals surface area contributed by atoms with Gasteiger partial charge in [-0.1, -0.05) is 116 Å². The van der Waals surface area contributed by atoms with Gasteiger partial charge in [0.1, 0.15) is 11.6 Å². The highest BCUT2D eigenvalue weighted by Crippen LogP contribution is 2.44. The summed E-state index contributed by atoms with van der Waals surface area (Å²) in [6.07, 6.45) is 1.90. The van der Waals surface area contributed by atoms with E-state index in [9.17, 15) is 5.11 Å². The third kappa shape index (κ3) is 7.42. The van der Waals surface area contributed by atoms with Crippen LogP contribution in [-0.4, -0.2) is 19.6 Å². The van der Waals surface area contributed by atoms with Gasteiger partial charge in [-0.3, -0.25) is 9.55 Å². The summed E-state index contributed by atoms with van der Waals surface area (Å²) in [5.74, 6) is 0.905. The molecule has 0 spiro atoms. The Balaban J connectivity index is 1.50. The number of pyridine rings is 1. The zero-order valence-corrected chi connectivity index (χ0v) is 37.8. The van der Waals surface area contributed by atoms with Crippen LogP contribution in [0.1, 0.15) is 101 Å². The summed E-state index contributed by atoms with van der Waals surface area (Å²) >= 11 is 0.